The molecule has 1 aromatic rings. The lowest BCUT2D eigenvalue weighted by molar-refractivity contribution is 0.0220. The van der Waals surface area contributed by atoms with Gasteiger partial charge in [-0.2, -0.15) is 0 Å². The molecule has 1 N–H and O–H groups in total. The molecule has 1 fully saturated rings. The van der Waals surface area contributed by atoms with E-state index < -0.39 is 0 Å². The van der Waals surface area contributed by atoms with E-state index in [1.807, 2.05) is 19.2 Å². The Morgan fingerprint density at radius 2 is 1.96 bits per heavy atom. The fraction of sp³-hybridized carbons (Fsp3) is 0.611. The maximum atomic E-state index is 13.0. The Balaban J connectivity index is 0.00000312. The zero-order valence-electron chi connectivity index (χ0n) is 15.4. The molecule has 142 valence electrons. The van der Waals surface area contributed by atoms with Crippen molar-refractivity contribution in [3.05, 3.63) is 35.6 Å². The van der Waals surface area contributed by atoms with Crippen molar-refractivity contribution in [3.8, 4) is 0 Å². The molecule has 1 heterocycles. The predicted molar refractivity (Wildman–Crippen MR) is 111 cm³/mol. The van der Waals surface area contributed by atoms with Gasteiger partial charge in [0, 0.05) is 39.3 Å². The van der Waals surface area contributed by atoms with Crippen LogP contribution >= 0.6 is 24.0 Å². The van der Waals surface area contributed by atoms with Gasteiger partial charge in [-0.1, -0.05) is 12.1 Å². The number of nitrogens with one attached hydrogen (secondary N) is 1. The molecule has 0 amide bonds. The van der Waals surface area contributed by atoms with E-state index in [0.717, 1.165) is 50.9 Å². The largest absolute Gasteiger partial charge is 0.379 e. The first-order chi connectivity index (χ1) is 11.6. The molecule has 1 aromatic carbocycles. The molecule has 2 rings (SSSR count). The van der Waals surface area contributed by atoms with Crippen molar-refractivity contribution in [2.45, 2.75) is 26.4 Å². The summed E-state index contributed by atoms with van der Waals surface area (Å²) >= 11 is 0. The van der Waals surface area contributed by atoms with Gasteiger partial charge in [0.15, 0.2) is 5.96 Å². The Bertz CT molecular complexity index is 520. The molecule has 7 heteroatoms. The number of benzene rings is 1. The first-order valence-electron chi connectivity index (χ1n) is 8.66. The van der Waals surface area contributed by atoms with Crippen LogP contribution in [0.5, 0.6) is 0 Å². The van der Waals surface area contributed by atoms with Gasteiger partial charge in [0.1, 0.15) is 5.82 Å². The van der Waals surface area contributed by atoms with Gasteiger partial charge < -0.3 is 15.0 Å². The molecule has 0 saturated carbocycles. The number of rotatable bonds is 6. The van der Waals surface area contributed by atoms with Gasteiger partial charge in [-0.15, -0.1) is 24.0 Å². The topological polar surface area (TPSA) is 40.1 Å². The molecule has 1 unspecified atom stereocenters. The average Bonchev–Trinajstić information content (AvgIpc) is 2.61. The molecule has 1 aliphatic heterocycles. The van der Waals surface area contributed by atoms with Crippen molar-refractivity contribution in [1.29, 1.82) is 0 Å². The highest BCUT2D eigenvalue weighted by atomic mass is 127. The van der Waals surface area contributed by atoms with Crippen LogP contribution in [0.4, 0.5) is 4.39 Å². The molecule has 0 bridgehead atoms. The number of morpholine rings is 1. The number of guanidine groups is 1. The van der Waals surface area contributed by atoms with E-state index in [2.05, 4.69) is 29.0 Å². The van der Waals surface area contributed by atoms with E-state index >= 15 is 0 Å². The van der Waals surface area contributed by atoms with Crippen LogP contribution in [0.2, 0.25) is 0 Å². The summed E-state index contributed by atoms with van der Waals surface area (Å²) in [6, 6.07) is 7.00. The summed E-state index contributed by atoms with van der Waals surface area (Å²) in [6.45, 7) is 10.1. The third-order valence-electron chi connectivity index (χ3n) is 4.20. The van der Waals surface area contributed by atoms with Crippen LogP contribution in [-0.4, -0.2) is 68.2 Å². The van der Waals surface area contributed by atoms with E-state index in [9.17, 15) is 4.39 Å². The normalized spacial score (nSPS) is 16.9. The Kier molecular flexibility index (Phi) is 10.3. The molecule has 0 radical (unpaired) electrons. The second-order valence-corrected chi connectivity index (χ2v) is 6.17. The smallest absolute Gasteiger partial charge is 0.194 e. The lowest BCUT2D eigenvalue weighted by atomic mass is 10.2. The van der Waals surface area contributed by atoms with Gasteiger partial charge in [-0.3, -0.25) is 9.89 Å². The minimum Gasteiger partial charge on any atom is -0.379 e. The first kappa shape index (κ1) is 22.1. The monoisotopic (exact) mass is 464 g/mol. The summed E-state index contributed by atoms with van der Waals surface area (Å²) in [4.78, 5) is 9.26. The second-order valence-electron chi connectivity index (χ2n) is 6.17. The molecule has 1 aliphatic rings. The maximum Gasteiger partial charge on any atom is 0.194 e. The highest BCUT2D eigenvalue weighted by molar-refractivity contribution is 14.0. The SMILES string of the molecule is CCNC(=NCC(C)N1CCOCC1)N(C)Cc1ccc(F)cc1.I. The van der Waals surface area contributed by atoms with Crippen molar-refractivity contribution < 1.29 is 9.13 Å². The molecular weight excluding hydrogens is 434 g/mol. The zero-order valence-corrected chi connectivity index (χ0v) is 17.7. The van der Waals surface area contributed by atoms with E-state index in [4.69, 9.17) is 9.73 Å². The van der Waals surface area contributed by atoms with Crippen LogP contribution in [-0.2, 0) is 11.3 Å². The van der Waals surface area contributed by atoms with Crippen LogP contribution in [0.3, 0.4) is 0 Å². The fourth-order valence-corrected chi connectivity index (χ4v) is 2.76. The lowest BCUT2D eigenvalue weighted by Gasteiger charge is -2.32. The van der Waals surface area contributed by atoms with Gasteiger partial charge >= 0.3 is 0 Å². The van der Waals surface area contributed by atoms with E-state index in [1.54, 1.807) is 0 Å². The van der Waals surface area contributed by atoms with Crippen LogP contribution < -0.4 is 5.32 Å². The summed E-state index contributed by atoms with van der Waals surface area (Å²) in [5.74, 6) is 0.670. The molecule has 0 spiro atoms. The standard InChI is InChI=1S/C18H29FN4O.HI/c1-4-20-18(21-13-15(2)23-9-11-24-12-10-23)22(3)14-16-5-7-17(19)8-6-16;/h5-8,15H,4,9-14H2,1-3H3,(H,20,21);1H. The number of ether oxygens (including phenoxy) is 1. The highest BCUT2D eigenvalue weighted by Gasteiger charge is 2.17. The van der Waals surface area contributed by atoms with Crippen molar-refractivity contribution in [1.82, 2.24) is 15.1 Å². The summed E-state index contributed by atoms with van der Waals surface area (Å²) < 4.78 is 18.4. The number of nitrogens with zero attached hydrogens (tertiary/aromatic N) is 3. The summed E-state index contributed by atoms with van der Waals surface area (Å²) in [5.41, 5.74) is 1.06. The van der Waals surface area contributed by atoms with Gasteiger partial charge in [-0.05, 0) is 31.5 Å². The Morgan fingerprint density at radius 1 is 1.32 bits per heavy atom. The maximum absolute atomic E-state index is 13.0. The lowest BCUT2D eigenvalue weighted by Crippen LogP contribution is -2.44. The summed E-state index contributed by atoms with van der Waals surface area (Å²) in [5, 5.41) is 3.33. The van der Waals surface area contributed by atoms with Crippen molar-refractivity contribution in [2.24, 2.45) is 4.99 Å². The highest BCUT2D eigenvalue weighted by Crippen LogP contribution is 2.07. The Labute approximate surface area is 167 Å². The Hall–Kier alpha value is -0.930. The minimum absolute atomic E-state index is 0. The van der Waals surface area contributed by atoms with Gasteiger partial charge in [0.2, 0.25) is 0 Å². The average molecular weight is 464 g/mol. The fourth-order valence-electron chi connectivity index (χ4n) is 2.76. The van der Waals surface area contributed by atoms with Gasteiger partial charge in [-0.25, -0.2) is 4.39 Å². The van der Waals surface area contributed by atoms with Crippen LogP contribution in [0.1, 0.15) is 19.4 Å². The molecule has 1 saturated heterocycles. The van der Waals surface area contributed by atoms with E-state index in [0.29, 0.717) is 12.6 Å². The number of hydrogen-bond acceptors (Lipinski definition) is 3. The number of halogens is 2. The first-order valence-corrected chi connectivity index (χ1v) is 8.66. The quantitative estimate of drug-likeness (QED) is 0.399. The third-order valence-corrected chi connectivity index (χ3v) is 4.20. The second kappa shape index (κ2) is 11.6. The van der Waals surface area contributed by atoms with E-state index in [-0.39, 0.29) is 29.8 Å². The number of hydrogen-bond donors (Lipinski definition) is 1. The molecule has 1 atom stereocenters. The van der Waals surface area contributed by atoms with Crippen LogP contribution in [0.25, 0.3) is 0 Å². The molecule has 0 aliphatic carbocycles. The third kappa shape index (κ3) is 7.45. The summed E-state index contributed by atoms with van der Waals surface area (Å²) in [7, 11) is 2.00. The van der Waals surface area contributed by atoms with Crippen LogP contribution in [0, 0.1) is 5.82 Å². The van der Waals surface area contributed by atoms with Crippen molar-refractivity contribution in [3.63, 3.8) is 0 Å². The molecule has 0 aromatic heterocycles. The Morgan fingerprint density at radius 3 is 2.56 bits per heavy atom. The predicted octanol–water partition coefficient (Wildman–Crippen LogP) is 2.56. The minimum atomic E-state index is -0.207. The van der Waals surface area contributed by atoms with Crippen molar-refractivity contribution >= 4 is 29.9 Å². The summed E-state index contributed by atoms with van der Waals surface area (Å²) in [6.07, 6.45) is 0. The zero-order chi connectivity index (χ0) is 17.4. The van der Waals surface area contributed by atoms with Gasteiger partial charge in [0.05, 0.1) is 19.8 Å². The van der Waals surface area contributed by atoms with Gasteiger partial charge in [0.25, 0.3) is 0 Å². The van der Waals surface area contributed by atoms with E-state index in [1.165, 1.54) is 12.1 Å². The molecule has 5 nitrogen and oxygen atoms in total. The number of aliphatic imine (C=N–C) groups is 1. The van der Waals surface area contributed by atoms with Crippen molar-refractivity contribution in [2.75, 3.05) is 46.4 Å². The molecule has 25 heavy (non-hydrogen) atoms. The van der Waals surface area contributed by atoms with Crippen LogP contribution in [0.15, 0.2) is 29.3 Å². The molecular formula is C18H30FIN4O.